The molecular weight excluding hydrogens is 497 g/mol. The van der Waals surface area contributed by atoms with E-state index in [-0.39, 0.29) is 30.0 Å². The monoisotopic (exact) mass is 537 g/mol. The lowest BCUT2D eigenvalue weighted by molar-refractivity contribution is -0.135. The summed E-state index contributed by atoms with van der Waals surface area (Å²) in [5.41, 5.74) is 0. The third kappa shape index (κ3) is 7.49. The molecule has 174 valence electrons. The summed E-state index contributed by atoms with van der Waals surface area (Å²) in [7, 11) is 1.84. The molecular formula is C21H40IN5O3. The molecule has 1 N–H and O–H groups in total. The van der Waals surface area contributed by atoms with Crippen molar-refractivity contribution < 1.29 is 14.3 Å². The summed E-state index contributed by atoms with van der Waals surface area (Å²) in [4.78, 5) is 23.7. The van der Waals surface area contributed by atoms with Gasteiger partial charge in [0.15, 0.2) is 5.96 Å². The summed E-state index contributed by atoms with van der Waals surface area (Å²) in [5.74, 6) is 1.82. The molecule has 3 aliphatic rings. The van der Waals surface area contributed by atoms with Crippen molar-refractivity contribution in [2.75, 3.05) is 79.3 Å². The van der Waals surface area contributed by atoms with Crippen LogP contribution >= 0.6 is 24.0 Å². The molecule has 0 aromatic carbocycles. The number of guanidine groups is 1. The second-order valence-corrected chi connectivity index (χ2v) is 8.36. The van der Waals surface area contributed by atoms with Crippen molar-refractivity contribution in [3.8, 4) is 0 Å². The van der Waals surface area contributed by atoms with Gasteiger partial charge in [-0.2, -0.15) is 0 Å². The molecule has 2 atom stereocenters. The molecule has 3 rings (SSSR count). The number of rotatable bonds is 8. The van der Waals surface area contributed by atoms with Crippen LogP contribution in [-0.4, -0.2) is 112 Å². The Kier molecular flexibility index (Phi) is 11.7. The van der Waals surface area contributed by atoms with Gasteiger partial charge in [0.05, 0.1) is 19.3 Å². The number of nitrogens with zero attached hydrogens (tertiary/aromatic N) is 4. The lowest BCUT2D eigenvalue weighted by atomic mass is 10.1. The fourth-order valence-corrected chi connectivity index (χ4v) is 4.35. The zero-order valence-corrected chi connectivity index (χ0v) is 21.0. The molecule has 3 aliphatic heterocycles. The van der Waals surface area contributed by atoms with Gasteiger partial charge in [-0.1, -0.05) is 0 Å². The molecule has 3 fully saturated rings. The Morgan fingerprint density at radius 1 is 1.17 bits per heavy atom. The SMILES string of the molecule is CN=C(NCCCOCC1CCOC1)N1CCN(C(C)C(=O)N2CCCC2)CC1.I. The van der Waals surface area contributed by atoms with Crippen LogP contribution in [0, 0.1) is 5.92 Å². The number of nitrogens with one attached hydrogen (secondary N) is 1. The summed E-state index contributed by atoms with van der Waals surface area (Å²) < 4.78 is 11.1. The highest BCUT2D eigenvalue weighted by atomic mass is 127. The van der Waals surface area contributed by atoms with Gasteiger partial charge in [0.25, 0.3) is 0 Å². The maximum absolute atomic E-state index is 12.6. The molecule has 2 unspecified atom stereocenters. The van der Waals surface area contributed by atoms with Crippen molar-refractivity contribution in [3.05, 3.63) is 0 Å². The molecule has 3 saturated heterocycles. The number of likely N-dealkylation sites (tertiary alicyclic amines) is 1. The Hall–Kier alpha value is -0.650. The number of amides is 1. The van der Waals surface area contributed by atoms with E-state index in [0.29, 0.717) is 11.8 Å². The third-order valence-corrected chi connectivity index (χ3v) is 6.27. The molecule has 30 heavy (non-hydrogen) atoms. The predicted molar refractivity (Wildman–Crippen MR) is 130 cm³/mol. The second kappa shape index (κ2) is 13.7. The Labute approximate surface area is 198 Å². The first-order valence-corrected chi connectivity index (χ1v) is 11.3. The van der Waals surface area contributed by atoms with Crippen LogP contribution in [0.5, 0.6) is 0 Å². The highest BCUT2D eigenvalue weighted by Crippen LogP contribution is 2.14. The zero-order chi connectivity index (χ0) is 20.5. The maximum Gasteiger partial charge on any atom is 0.239 e. The number of hydrogen-bond donors (Lipinski definition) is 1. The quantitative estimate of drug-likeness (QED) is 0.218. The Morgan fingerprint density at radius 2 is 1.90 bits per heavy atom. The summed E-state index contributed by atoms with van der Waals surface area (Å²) in [6.07, 6.45) is 4.38. The lowest BCUT2D eigenvalue weighted by Gasteiger charge is -2.39. The van der Waals surface area contributed by atoms with E-state index in [1.807, 2.05) is 11.9 Å². The number of aliphatic imine (C=N–C) groups is 1. The molecule has 9 heteroatoms. The molecule has 8 nitrogen and oxygen atoms in total. The minimum absolute atomic E-state index is 0. The first kappa shape index (κ1) is 25.6. The van der Waals surface area contributed by atoms with Crippen LogP contribution in [0.15, 0.2) is 4.99 Å². The van der Waals surface area contributed by atoms with Gasteiger partial charge in [-0.05, 0) is 32.6 Å². The summed E-state index contributed by atoms with van der Waals surface area (Å²) in [6, 6.07) is -0.0207. The summed E-state index contributed by atoms with van der Waals surface area (Å²) in [6.45, 7) is 11.7. The van der Waals surface area contributed by atoms with E-state index < -0.39 is 0 Å². The minimum atomic E-state index is -0.0207. The van der Waals surface area contributed by atoms with Gasteiger partial charge in [-0.15, -0.1) is 24.0 Å². The van der Waals surface area contributed by atoms with Crippen molar-refractivity contribution in [3.63, 3.8) is 0 Å². The number of piperazine rings is 1. The van der Waals surface area contributed by atoms with Crippen LogP contribution in [0.2, 0.25) is 0 Å². The standard InChI is InChI=1S/C21H39N5O3.HI/c1-18(20(27)25-8-3-4-9-25)24-10-12-26(13-11-24)21(22-2)23-7-5-14-28-16-19-6-15-29-17-19;/h18-19H,3-17H2,1-2H3,(H,22,23);1H. The largest absolute Gasteiger partial charge is 0.381 e. The molecule has 0 saturated carbocycles. The van der Waals surface area contributed by atoms with Gasteiger partial charge in [0.1, 0.15) is 0 Å². The Bertz CT molecular complexity index is 531. The zero-order valence-electron chi connectivity index (χ0n) is 18.7. The maximum atomic E-state index is 12.6. The summed E-state index contributed by atoms with van der Waals surface area (Å²) in [5, 5.41) is 3.46. The van der Waals surface area contributed by atoms with Gasteiger partial charge in [-0.3, -0.25) is 14.7 Å². The van der Waals surface area contributed by atoms with Crippen LogP contribution in [0.3, 0.4) is 0 Å². The van der Waals surface area contributed by atoms with E-state index in [9.17, 15) is 4.79 Å². The number of halogens is 1. The van der Waals surface area contributed by atoms with Gasteiger partial charge in [0.2, 0.25) is 5.91 Å². The predicted octanol–water partition coefficient (Wildman–Crippen LogP) is 1.25. The van der Waals surface area contributed by atoms with Crippen LogP contribution < -0.4 is 5.32 Å². The van der Waals surface area contributed by atoms with E-state index in [1.54, 1.807) is 0 Å². The fourth-order valence-electron chi connectivity index (χ4n) is 4.35. The van der Waals surface area contributed by atoms with Crippen LogP contribution in [-0.2, 0) is 14.3 Å². The van der Waals surface area contributed by atoms with Crippen molar-refractivity contribution in [1.82, 2.24) is 20.0 Å². The minimum Gasteiger partial charge on any atom is -0.381 e. The van der Waals surface area contributed by atoms with Gasteiger partial charge in [0, 0.05) is 72.0 Å². The number of carbonyl (C=O) groups excluding carboxylic acids is 1. The number of hydrogen-bond acceptors (Lipinski definition) is 5. The van der Waals surface area contributed by atoms with E-state index in [4.69, 9.17) is 9.47 Å². The van der Waals surface area contributed by atoms with E-state index in [2.05, 4.69) is 27.0 Å². The third-order valence-electron chi connectivity index (χ3n) is 6.27. The molecule has 3 heterocycles. The first-order valence-electron chi connectivity index (χ1n) is 11.3. The number of carbonyl (C=O) groups is 1. The van der Waals surface area contributed by atoms with E-state index in [0.717, 1.165) is 104 Å². The molecule has 0 aliphatic carbocycles. The number of ether oxygens (including phenoxy) is 2. The van der Waals surface area contributed by atoms with Gasteiger partial charge < -0.3 is 24.6 Å². The van der Waals surface area contributed by atoms with Crippen LogP contribution in [0.4, 0.5) is 0 Å². The van der Waals surface area contributed by atoms with Crippen molar-refractivity contribution >= 4 is 35.8 Å². The molecule has 0 spiro atoms. The average Bonchev–Trinajstić information content (AvgIpc) is 3.47. The Morgan fingerprint density at radius 3 is 2.53 bits per heavy atom. The van der Waals surface area contributed by atoms with Gasteiger partial charge >= 0.3 is 0 Å². The average molecular weight is 537 g/mol. The lowest BCUT2D eigenvalue weighted by Crippen LogP contribution is -2.57. The topological polar surface area (TPSA) is 69.6 Å². The van der Waals surface area contributed by atoms with E-state index >= 15 is 0 Å². The van der Waals surface area contributed by atoms with Crippen LogP contribution in [0.1, 0.15) is 32.6 Å². The molecule has 0 aromatic rings. The molecule has 0 aromatic heterocycles. The molecule has 0 bridgehead atoms. The highest BCUT2D eigenvalue weighted by molar-refractivity contribution is 14.0. The first-order chi connectivity index (χ1) is 14.2. The van der Waals surface area contributed by atoms with Crippen molar-refractivity contribution in [1.29, 1.82) is 0 Å². The van der Waals surface area contributed by atoms with Crippen molar-refractivity contribution in [2.24, 2.45) is 10.9 Å². The van der Waals surface area contributed by atoms with Crippen LogP contribution in [0.25, 0.3) is 0 Å². The smallest absolute Gasteiger partial charge is 0.239 e. The second-order valence-electron chi connectivity index (χ2n) is 8.36. The normalized spacial score (nSPS) is 24.1. The fraction of sp³-hybridized carbons (Fsp3) is 0.905. The molecule has 0 radical (unpaired) electrons. The van der Waals surface area contributed by atoms with E-state index in [1.165, 1.54) is 0 Å². The van der Waals surface area contributed by atoms with Gasteiger partial charge in [-0.25, -0.2) is 0 Å². The highest BCUT2D eigenvalue weighted by Gasteiger charge is 2.30. The Balaban J connectivity index is 0.00000320. The van der Waals surface area contributed by atoms with Crippen molar-refractivity contribution in [2.45, 2.75) is 38.6 Å². The molecule has 1 amide bonds. The summed E-state index contributed by atoms with van der Waals surface area (Å²) >= 11 is 0.